The van der Waals surface area contributed by atoms with Crippen LogP contribution in [0.4, 0.5) is 4.79 Å². The van der Waals surface area contributed by atoms with Crippen molar-refractivity contribution in [1.82, 2.24) is 25.3 Å². The van der Waals surface area contributed by atoms with Crippen LogP contribution in [0.2, 0.25) is 0 Å². The van der Waals surface area contributed by atoms with E-state index in [1.54, 1.807) is 0 Å². The minimum atomic E-state index is -0.521. The number of urea groups is 1. The molecule has 0 unspecified atom stereocenters. The van der Waals surface area contributed by atoms with Gasteiger partial charge in [0.15, 0.2) is 0 Å². The standard InChI is InChI=1S/C20H23N5O3/c1-12-6-13(2)8-14(7-12)25-17-5-3-4-16(15(17)9-22-25)23-18(26)11-24-19(27)10-21-20(24)28/h6-9,16H,3-5,10-11H2,1-2H3,(H,21,28)(H,23,26)/t16-/m1/s1. The molecule has 1 aliphatic heterocycles. The number of carbonyl (C=O) groups is 3. The van der Waals surface area contributed by atoms with Crippen LogP contribution < -0.4 is 10.6 Å². The van der Waals surface area contributed by atoms with Crippen molar-refractivity contribution >= 4 is 17.8 Å². The molecule has 4 rings (SSSR count). The smallest absolute Gasteiger partial charge is 0.325 e. The third-order valence-electron chi connectivity index (χ3n) is 5.21. The Labute approximate surface area is 162 Å². The maximum Gasteiger partial charge on any atom is 0.325 e. The monoisotopic (exact) mass is 381 g/mol. The lowest BCUT2D eigenvalue weighted by Gasteiger charge is -2.25. The second kappa shape index (κ2) is 7.10. The second-order valence-electron chi connectivity index (χ2n) is 7.46. The molecular formula is C20H23N5O3. The van der Waals surface area contributed by atoms with Crippen LogP contribution in [0.3, 0.4) is 0 Å². The average Bonchev–Trinajstić information content (AvgIpc) is 3.20. The fourth-order valence-electron chi connectivity index (χ4n) is 4.00. The van der Waals surface area contributed by atoms with Crippen LogP contribution in [-0.4, -0.2) is 45.6 Å². The van der Waals surface area contributed by atoms with Gasteiger partial charge in [-0.25, -0.2) is 9.48 Å². The molecule has 0 spiro atoms. The number of benzene rings is 1. The first-order valence-corrected chi connectivity index (χ1v) is 9.45. The molecule has 1 aromatic carbocycles. The Morgan fingerprint density at radius 3 is 2.68 bits per heavy atom. The topological polar surface area (TPSA) is 96.3 Å². The maximum absolute atomic E-state index is 12.4. The lowest BCUT2D eigenvalue weighted by atomic mass is 9.92. The lowest BCUT2D eigenvalue weighted by molar-refractivity contribution is -0.131. The number of carbonyl (C=O) groups excluding carboxylic acids is 3. The molecule has 4 amide bonds. The van der Waals surface area contributed by atoms with E-state index in [1.807, 2.05) is 10.9 Å². The van der Waals surface area contributed by atoms with Crippen LogP contribution in [0.5, 0.6) is 0 Å². The van der Waals surface area contributed by atoms with Crippen molar-refractivity contribution in [3.05, 3.63) is 46.8 Å². The number of aryl methyl sites for hydroxylation is 2. The number of nitrogens with one attached hydrogen (secondary N) is 2. The molecule has 0 saturated carbocycles. The van der Waals surface area contributed by atoms with Gasteiger partial charge in [-0.15, -0.1) is 0 Å². The fraction of sp³-hybridized carbons (Fsp3) is 0.400. The number of nitrogens with zero attached hydrogens (tertiary/aromatic N) is 3. The Kier molecular flexibility index (Phi) is 4.62. The van der Waals surface area contributed by atoms with Gasteiger partial charge in [0.05, 0.1) is 24.5 Å². The SMILES string of the molecule is Cc1cc(C)cc(-n2ncc3c2CCC[C@H]3NC(=O)CN2C(=O)CNC2=O)c1. The van der Waals surface area contributed by atoms with Crippen LogP contribution in [-0.2, 0) is 16.0 Å². The number of hydrogen-bond donors (Lipinski definition) is 2. The molecule has 2 heterocycles. The van der Waals surface area contributed by atoms with Gasteiger partial charge in [0.2, 0.25) is 5.91 Å². The minimum absolute atomic E-state index is 0.0532. The number of amides is 4. The minimum Gasteiger partial charge on any atom is -0.348 e. The van der Waals surface area contributed by atoms with Crippen molar-refractivity contribution in [1.29, 1.82) is 0 Å². The molecular weight excluding hydrogens is 358 g/mol. The zero-order valence-electron chi connectivity index (χ0n) is 16.0. The van der Waals surface area contributed by atoms with Crippen LogP contribution in [0.1, 0.15) is 41.3 Å². The average molecular weight is 381 g/mol. The third kappa shape index (κ3) is 3.37. The highest BCUT2D eigenvalue weighted by molar-refractivity contribution is 6.04. The summed E-state index contributed by atoms with van der Waals surface area (Å²) in [6.45, 7) is 3.81. The maximum atomic E-state index is 12.4. The Hall–Kier alpha value is -3.16. The number of hydrogen-bond acceptors (Lipinski definition) is 4. The molecule has 146 valence electrons. The van der Waals surface area contributed by atoms with Crippen LogP contribution in [0.15, 0.2) is 24.4 Å². The summed E-state index contributed by atoms with van der Waals surface area (Å²) in [5, 5.41) is 9.96. The molecule has 0 radical (unpaired) electrons. The van der Waals surface area contributed by atoms with E-state index in [0.717, 1.165) is 41.1 Å². The first kappa shape index (κ1) is 18.2. The number of rotatable bonds is 4. The van der Waals surface area contributed by atoms with E-state index in [-0.39, 0.29) is 30.9 Å². The van der Waals surface area contributed by atoms with Crippen LogP contribution in [0.25, 0.3) is 5.69 Å². The lowest BCUT2D eigenvalue weighted by Crippen LogP contribution is -2.42. The predicted octanol–water partition coefficient (Wildman–Crippen LogP) is 1.53. The van der Waals surface area contributed by atoms with Gasteiger partial charge in [-0.3, -0.25) is 14.5 Å². The van der Waals surface area contributed by atoms with Gasteiger partial charge in [0, 0.05) is 11.3 Å². The highest BCUT2D eigenvalue weighted by atomic mass is 16.2. The zero-order valence-corrected chi connectivity index (χ0v) is 16.0. The number of aromatic nitrogens is 2. The molecule has 1 fully saturated rings. The van der Waals surface area contributed by atoms with E-state index in [9.17, 15) is 14.4 Å². The molecule has 2 aliphatic rings. The van der Waals surface area contributed by atoms with Gasteiger partial charge < -0.3 is 10.6 Å². The Bertz CT molecular complexity index is 928. The molecule has 8 nitrogen and oxygen atoms in total. The summed E-state index contributed by atoms with van der Waals surface area (Å²) >= 11 is 0. The fourth-order valence-corrected chi connectivity index (χ4v) is 4.00. The molecule has 8 heteroatoms. The van der Waals surface area contributed by atoms with Crippen LogP contribution >= 0.6 is 0 Å². The number of imide groups is 1. The van der Waals surface area contributed by atoms with Crippen molar-refractivity contribution in [2.24, 2.45) is 0 Å². The van der Waals surface area contributed by atoms with Gasteiger partial charge in [-0.2, -0.15) is 5.10 Å². The van der Waals surface area contributed by atoms with Gasteiger partial charge in [0.1, 0.15) is 6.54 Å². The normalized spacial score (nSPS) is 18.8. The van der Waals surface area contributed by atoms with Crippen molar-refractivity contribution in [2.75, 3.05) is 13.1 Å². The molecule has 1 aromatic heterocycles. The van der Waals surface area contributed by atoms with E-state index < -0.39 is 6.03 Å². The van der Waals surface area contributed by atoms with Crippen molar-refractivity contribution in [2.45, 2.75) is 39.2 Å². The van der Waals surface area contributed by atoms with E-state index in [1.165, 1.54) is 11.1 Å². The highest BCUT2D eigenvalue weighted by Crippen LogP contribution is 2.31. The number of fused-ring (bicyclic) bond motifs is 1. The largest absolute Gasteiger partial charge is 0.348 e. The molecule has 1 saturated heterocycles. The molecule has 0 bridgehead atoms. The molecule has 2 N–H and O–H groups in total. The first-order chi connectivity index (χ1) is 13.4. The van der Waals surface area contributed by atoms with Crippen molar-refractivity contribution < 1.29 is 14.4 Å². The summed E-state index contributed by atoms with van der Waals surface area (Å²) < 4.78 is 1.95. The molecule has 28 heavy (non-hydrogen) atoms. The van der Waals surface area contributed by atoms with Crippen molar-refractivity contribution in [3.8, 4) is 5.69 Å². The predicted molar refractivity (Wildman–Crippen MR) is 102 cm³/mol. The summed E-state index contributed by atoms with van der Waals surface area (Å²) in [5.74, 6) is -0.727. The summed E-state index contributed by atoms with van der Waals surface area (Å²) in [6, 6.07) is 5.63. The Balaban J connectivity index is 1.53. The molecule has 2 aromatic rings. The van der Waals surface area contributed by atoms with E-state index in [2.05, 4.69) is 47.8 Å². The quantitative estimate of drug-likeness (QED) is 0.785. The molecule has 1 aliphatic carbocycles. The van der Waals surface area contributed by atoms with Crippen LogP contribution in [0, 0.1) is 13.8 Å². The summed E-state index contributed by atoms with van der Waals surface area (Å²) in [6.07, 6.45) is 4.43. The molecule has 1 atom stereocenters. The van der Waals surface area contributed by atoms with Gasteiger partial charge in [-0.05, 0) is 56.4 Å². The Morgan fingerprint density at radius 1 is 1.25 bits per heavy atom. The second-order valence-corrected chi connectivity index (χ2v) is 7.46. The highest BCUT2D eigenvalue weighted by Gasteiger charge is 2.32. The summed E-state index contributed by atoms with van der Waals surface area (Å²) in [4.78, 5) is 36.7. The van der Waals surface area contributed by atoms with Crippen molar-refractivity contribution in [3.63, 3.8) is 0 Å². The van der Waals surface area contributed by atoms with Gasteiger partial charge >= 0.3 is 6.03 Å². The van der Waals surface area contributed by atoms with Gasteiger partial charge in [-0.1, -0.05) is 6.07 Å². The zero-order chi connectivity index (χ0) is 19.8. The summed E-state index contributed by atoms with van der Waals surface area (Å²) in [7, 11) is 0. The Morgan fingerprint density at radius 2 is 2.00 bits per heavy atom. The van der Waals surface area contributed by atoms with E-state index in [0.29, 0.717) is 0 Å². The summed E-state index contributed by atoms with van der Waals surface area (Å²) in [5.41, 5.74) is 5.46. The first-order valence-electron chi connectivity index (χ1n) is 9.45. The van der Waals surface area contributed by atoms with Gasteiger partial charge in [0.25, 0.3) is 5.91 Å². The van der Waals surface area contributed by atoms with E-state index in [4.69, 9.17) is 0 Å². The van der Waals surface area contributed by atoms with E-state index >= 15 is 0 Å². The third-order valence-corrected chi connectivity index (χ3v) is 5.21.